The second-order valence-corrected chi connectivity index (χ2v) is 4.48. The molecule has 0 aliphatic carbocycles. The first-order chi connectivity index (χ1) is 9.04. The van der Waals surface area contributed by atoms with Gasteiger partial charge in [-0.05, 0) is 12.5 Å². The summed E-state index contributed by atoms with van der Waals surface area (Å²) < 4.78 is 18.5. The number of hydrogen-bond acceptors (Lipinski definition) is 3. The fourth-order valence-corrected chi connectivity index (χ4v) is 1.63. The minimum absolute atomic E-state index is 0.130. The van der Waals surface area contributed by atoms with Crippen molar-refractivity contribution in [1.82, 2.24) is 5.32 Å². The van der Waals surface area contributed by atoms with Gasteiger partial charge in [0.1, 0.15) is 10.8 Å². The van der Waals surface area contributed by atoms with Crippen LogP contribution in [0, 0.1) is 5.82 Å². The molecular weight excluding hydrogens is 267 g/mol. The van der Waals surface area contributed by atoms with E-state index < -0.39 is 5.82 Å². The van der Waals surface area contributed by atoms with Crippen LogP contribution in [0.1, 0.15) is 24.0 Å². The third kappa shape index (κ3) is 5.32. The van der Waals surface area contributed by atoms with Gasteiger partial charge in [0, 0.05) is 37.8 Å². The van der Waals surface area contributed by atoms with Gasteiger partial charge >= 0.3 is 0 Å². The van der Waals surface area contributed by atoms with Crippen LogP contribution in [0.5, 0.6) is 0 Å². The van der Waals surface area contributed by atoms with Crippen LogP contribution in [0.25, 0.3) is 0 Å². The normalized spacial score (nSPS) is 10.2. The third-order valence-corrected chi connectivity index (χ3v) is 2.80. The number of amides is 1. The van der Waals surface area contributed by atoms with E-state index in [1.807, 2.05) is 0 Å². The van der Waals surface area contributed by atoms with E-state index in [9.17, 15) is 9.18 Å². The van der Waals surface area contributed by atoms with Crippen molar-refractivity contribution in [3.05, 3.63) is 35.1 Å². The van der Waals surface area contributed by atoms with Gasteiger partial charge in [-0.1, -0.05) is 24.4 Å². The maximum Gasteiger partial charge on any atom is 0.220 e. The number of hydrogen-bond donors (Lipinski definition) is 2. The van der Waals surface area contributed by atoms with Crippen LogP contribution in [0.15, 0.2) is 18.2 Å². The van der Waals surface area contributed by atoms with Crippen molar-refractivity contribution < 1.29 is 13.9 Å². The minimum Gasteiger partial charge on any atom is -0.389 e. The SMILES string of the molecule is COCCCC(=O)NCc1ccc(C(N)=S)cc1F. The number of nitrogens with one attached hydrogen (secondary N) is 1. The summed E-state index contributed by atoms with van der Waals surface area (Å²) in [4.78, 5) is 11.6. The first-order valence-electron chi connectivity index (χ1n) is 5.88. The quantitative estimate of drug-likeness (QED) is 0.588. The number of carbonyl (C=O) groups excluding carboxylic acids is 1. The zero-order chi connectivity index (χ0) is 14.3. The molecule has 1 aromatic carbocycles. The van der Waals surface area contributed by atoms with Crippen LogP contribution in [0.3, 0.4) is 0 Å². The topological polar surface area (TPSA) is 64.3 Å². The summed E-state index contributed by atoms with van der Waals surface area (Å²) in [6.45, 7) is 0.680. The molecule has 0 saturated carbocycles. The van der Waals surface area contributed by atoms with Crippen LogP contribution in [0.4, 0.5) is 4.39 Å². The number of ether oxygens (including phenoxy) is 1. The van der Waals surface area contributed by atoms with E-state index in [1.54, 1.807) is 19.2 Å². The first kappa shape index (κ1) is 15.5. The number of thiocarbonyl (C=S) groups is 1. The fraction of sp³-hybridized carbons (Fsp3) is 0.385. The molecule has 0 fully saturated rings. The molecule has 0 bridgehead atoms. The Morgan fingerprint density at radius 1 is 1.53 bits per heavy atom. The van der Waals surface area contributed by atoms with E-state index in [1.165, 1.54) is 6.07 Å². The maximum absolute atomic E-state index is 13.7. The number of halogens is 1. The van der Waals surface area contributed by atoms with Crippen LogP contribution in [-0.4, -0.2) is 24.6 Å². The molecule has 0 atom stereocenters. The van der Waals surface area contributed by atoms with Crippen molar-refractivity contribution in [1.29, 1.82) is 0 Å². The average molecular weight is 284 g/mol. The zero-order valence-electron chi connectivity index (χ0n) is 10.7. The van der Waals surface area contributed by atoms with Crippen LogP contribution in [0.2, 0.25) is 0 Å². The summed E-state index contributed by atoms with van der Waals surface area (Å²) in [5.74, 6) is -0.558. The number of rotatable bonds is 7. The molecular formula is C13H17FN2O2S. The lowest BCUT2D eigenvalue weighted by Crippen LogP contribution is -2.23. The van der Waals surface area contributed by atoms with Gasteiger partial charge in [-0.15, -0.1) is 0 Å². The van der Waals surface area contributed by atoms with Crippen molar-refractivity contribution >= 4 is 23.1 Å². The molecule has 104 valence electrons. The summed E-state index contributed by atoms with van der Waals surface area (Å²) in [5, 5.41) is 2.65. The van der Waals surface area contributed by atoms with Gasteiger partial charge in [0.2, 0.25) is 5.91 Å². The molecule has 3 N–H and O–H groups in total. The Morgan fingerprint density at radius 2 is 2.26 bits per heavy atom. The minimum atomic E-state index is -0.428. The van der Waals surface area contributed by atoms with E-state index in [2.05, 4.69) is 5.32 Å². The lowest BCUT2D eigenvalue weighted by molar-refractivity contribution is -0.121. The number of methoxy groups -OCH3 is 1. The molecule has 0 aliphatic heterocycles. The highest BCUT2D eigenvalue weighted by Crippen LogP contribution is 2.10. The molecule has 1 rings (SSSR count). The van der Waals surface area contributed by atoms with Gasteiger partial charge < -0.3 is 15.8 Å². The maximum atomic E-state index is 13.7. The van der Waals surface area contributed by atoms with Crippen molar-refractivity contribution in [2.45, 2.75) is 19.4 Å². The van der Waals surface area contributed by atoms with E-state index >= 15 is 0 Å². The predicted molar refractivity (Wildman–Crippen MR) is 75.2 cm³/mol. The van der Waals surface area contributed by atoms with Crippen molar-refractivity contribution in [3.8, 4) is 0 Å². The Bertz CT molecular complexity index is 466. The third-order valence-electron chi connectivity index (χ3n) is 2.57. The molecule has 1 amide bonds. The van der Waals surface area contributed by atoms with E-state index in [4.69, 9.17) is 22.7 Å². The Hall–Kier alpha value is -1.53. The summed E-state index contributed by atoms with van der Waals surface area (Å²) in [6, 6.07) is 4.48. The lowest BCUT2D eigenvalue weighted by Gasteiger charge is -2.07. The molecule has 0 aliphatic rings. The fourth-order valence-electron chi connectivity index (χ4n) is 1.50. The lowest BCUT2D eigenvalue weighted by atomic mass is 10.1. The highest BCUT2D eigenvalue weighted by molar-refractivity contribution is 7.80. The van der Waals surface area contributed by atoms with Crippen LogP contribution in [-0.2, 0) is 16.1 Å². The van der Waals surface area contributed by atoms with Gasteiger partial charge in [0.15, 0.2) is 0 Å². The molecule has 0 heterocycles. The largest absolute Gasteiger partial charge is 0.389 e. The molecule has 1 aromatic rings. The van der Waals surface area contributed by atoms with Gasteiger partial charge in [-0.2, -0.15) is 0 Å². The Morgan fingerprint density at radius 3 is 2.84 bits per heavy atom. The monoisotopic (exact) mass is 284 g/mol. The average Bonchev–Trinajstić information content (AvgIpc) is 2.37. The second kappa shape index (κ2) is 7.81. The van der Waals surface area contributed by atoms with Gasteiger partial charge in [0.25, 0.3) is 0 Å². The molecule has 0 saturated heterocycles. The highest BCUT2D eigenvalue weighted by atomic mass is 32.1. The van der Waals surface area contributed by atoms with Crippen molar-refractivity contribution in [2.24, 2.45) is 5.73 Å². The van der Waals surface area contributed by atoms with Gasteiger partial charge in [0.05, 0.1) is 0 Å². The van der Waals surface area contributed by atoms with Crippen LogP contribution >= 0.6 is 12.2 Å². The van der Waals surface area contributed by atoms with Gasteiger partial charge in [-0.3, -0.25) is 4.79 Å². The molecule has 0 unspecified atom stereocenters. The first-order valence-corrected chi connectivity index (χ1v) is 6.29. The van der Waals surface area contributed by atoms with Crippen LogP contribution < -0.4 is 11.1 Å². The molecule has 4 nitrogen and oxygen atoms in total. The van der Waals surface area contributed by atoms with Crippen molar-refractivity contribution in [2.75, 3.05) is 13.7 Å². The molecule has 19 heavy (non-hydrogen) atoms. The molecule has 6 heteroatoms. The standard InChI is InChI=1S/C13H17FN2O2S/c1-18-6-2-3-12(17)16-8-10-5-4-9(13(15)19)7-11(10)14/h4-5,7H,2-3,6,8H2,1H3,(H2,15,19)(H,16,17). The molecule has 0 spiro atoms. The van der Waals surface area contributed by atoms with E-state index in [-0.39, 0.29) is 17.4 Å². The van der Waals surface area contributed by atoms with Crippen molar-refractivity contribution in [3.63, 3.8) is 0 Å². The number of carbonyl (C=O) groups is 1. The highest BCUT2D eigenvalue weighted by Gasteiger charge is 2.07. The summed E-state index contributed by atoms with van der Waals surface area (Å²) >= 11 is 4.76. The summed E-state index contributed by atoms with van der Waals surface area (Å²) in [6.07, 6.45) is 1.01. The Labute approximate surface area is 117 Å². The Balaban J connectivity index is 2.49. The zero-order valence-corrected chi connectivity index (χ0v) is 11.6. The Kier molecular flexibility index (Phi) is 6.38. The van der Waals surface area contributed by atoms with E-state index in [0.29, 0.717) is 30.6 Å². The number of benzene rings is 1. The smallest absolute Gasteiger partial charge is 0.220 e. The second-order valence-electron chi connectivity index (χ2n) is 4.04. The number of nitrogens with two attached hydrogens (primary N) is 1. The summed E-state index contributed by atoms with van der Waals surface area (Å²) in [5.41, 5.74) is 6.28. The van der Waals surface area contributed by atoms with Gasteiger partial charge in [-0.25, -0.2) is 4.39 Å². The summed E-state index contributed by atoms with van der Waals surface area (Å²) in [7, 11) is 1.58. The van der Waals surface area contributed by atoms with E-state index in [0.717, 1.165) is 0 Å². The molecule has 0 radical (unpaired) electrons. The molecule has 0 aromatic heterocycles. The predicted octanol–water partition coefficient (Wildman–Crippen LogP) is 1.50.